The van der Waals surface area contributed by atoms with Gasteiger partial charge in [0.2, 0.25) is 0 Å². The predicted molar refractivity (Wildman–Crippen MR) is 227 cm³/mol. The topological polar surface area (TPSA) is 0 Å². The van der Waals surface area contributed by atoms with Crippen LogP contribution in [0.2, 0.25) is 13.1 Å². The van der Waals surface area contributed by atoms with Crippen molar-refractivity contribution >= 4 is 27.0 Å². The third-order valence-corrected chi connectivity index (χ3v) is 11.9. The number of benzene rings is 4. The molecule has 0 aliphatic heterocycles. The van der Waals surface area contributed by atoms with Crippen molar-refractivity contribution in [3.05, 3.63) is 131 Å². The predicted octanol–water partition coefficient (Wildman–Crippen LogP) is 8.89. The van der Waals surface area contributed by atoms with Gasteiger partial charge in [0.05, 0.1) is 0 Å². The maximum absolute atomic E-state index is 2.46. The van der Waals surface area contributed by atoms with Crippen LogP contribution < -0.4 is 24.8 Å². The zero-order valence-corrected chi connectivity index (χ0v) is 38.6. The van der Waals surface area contributed by atoms with Gasteiger partial charge >= 0.3 is 41.9 Å². The van der Waals surface area contributed by atoms with E-state index in [1.54, 1.807) is 23.3 Å². The molecule has 0 amide bonds. The van der Waals surface area contributed by atoms with Gasteiger partial charge in [-0.3, -0.25) is 0 Å². The van der Waals surface area contributed by atoms with Crippen molar-refractivity contribution in [2.75, 3.05) is 0 Å². The van der Waals surface area contributed by atoms with E-state index in [1.165, 1.54) is 143 Å². The Balaban J connectivity index is 0.000000212. The molecule has 8 rings (SSSR count). The van der Waals surface area contributed by atoms with Gasteiger partial charge in [-0.15, -0.1) is 69.1 Å². The summed E-state index contributed by atoms with van der Waals surface area (Å²) in [5, 5.41) is 5.63. The molecule has 284 valence electrons. The van der Waals surface area contributed by atoms with Crippen molar-refractivity contribution in [1.82, 2.24) is 0 Å². The van der Waals surface area contributed by atoms with Crippen molar-refractivity contribution in [3.8, 4) is 22.3 Å². The monoisotopic (exact) mass is 848 g/mol. The Kier molecular flexibility index (Phi) is 16.7. The van der Waals surface area contributed by atoms with E-state index in [9.17, 15) is 0 Å². The van der Waals surface area contributed by atoms with Crippen LogP contribution in [0, 0.1) is 24.7 Å². The van der Waals surface area contributed by atoms with Crippen LogP contribution in [0.25, 0.3) is 43.8 Å². The molecule has 0 atom stereocenters. The number of hydrogen-bond acceptors (Lipinski definition) is 0. The third-order valence-electron chi connectivity index (χ3n) is 11.9. The van der Waals surface area contributed by atoms with E-state index in [1.807, 2.05) is 0 Å². The van der Waals surface area contributed by atoms with E-state index >= 15 is 0 Å². The summed E-state index contributed by atoms with van der Waals surface area (Å²) in [6.45, 7) is 13.6. The number of rotatable bonds is 10. The van der Waals surface area contributed by atoms with E-state index in [4.69, 9.17) is 0 Å². The molecule has 54 heavy (non-hydrogen) atoms. The number of halogens is 2. The van der Waals surface area contributed by atoms with Crippen LogP contribution in [0.15, 0.2) is 109 Å². The number of fused-ring (bicyclic) bond motifs is 2. The second-order valence-corrected chi connectivity index (χ2v) is 26.0. The molecule has 0 bridgehead atoms. The Morgan fingerprint density at radius 1 is 0.574 bits per heavy atom. The van der Waals surface area contributed by atoms with Crippen molar-refractivity contribution in [2.24, 2.45) is 10.8 Å². The molecule has 0 nitrogen and oxygen atoms in total. The Bertz CT molecular complexity index is 1920. The van der Waals surface area contributed by atoms with Crippen LogP contribution in [0.1, 0.15) is 100 Å². The molecule has 0 aromatic heterocycles. The number of hydrogen-bond donors (Lipinski definition) is 0. The van der Waals surface area contributed by atoms with E-state index in [0.717, 1.165) is 0 Å². The molecule has 0 radical (unpaired) electrons. The Morgan fingerprint density at radius 3 is 1.22 bits per heavy atom. The van der Waals surface area contributed by atoms with Crippen molar-refractivity contribution in [2.45, 2.75) is 118 Å². The molecule has 2 saturated carbocycles. The third kappa shape index (κ3) is 11.0. The second kappa shape index (κ2) is 20.3. The SMILES string of the molecule is CCCC1(Cc2cc3c(-c4ccc(C)cc4)cccc3[cH-]2)CCC1.CCCC1(Cc2cc3c(-c4ccc(C)cc4)cccc3[cH-]2)CCC1.C[Si](C)=[Zr+2].[Cl-].[Cl-]. The van der Waals surface area contributed by atoms with Crippen LogP contribution in [0.5, 0.6) is 0 Å². The van der Waals surface area contributed by atoms with Gasteiger partial charge < -0.3 is 24.8 Å². The normalized spacial score (nSPS) is 15.0. The van der Waals surface area contributed by atoms with E-state index < -0.39 is 0 Å². The zero-order chi connectivity index (χ0) is 36.7. The summed E-state index contributed by atoms with van der Waals surface area (Å²) in [5.74, 6) is 0. The minimum atomic E-state index is 0. The van der Waals surface area contributed by atoms with Gasteiger partial charge in [-0.05, 0) is 87.2 Å². The maximum Gasteiger partial charge on any atom is -1.00 e. The molecule has 4 heteroatoms. The average molecular weight is 851 g/mol. The van der Waals surface area contributed by atoms with Gasteiger partial charge in [-0.1, -0.05) is 122 Å². The second-order valence-electron chi connectivity index (χ2n) is 16.6. The van der Waals surface area contributed by atoms with E-state index in [2.05, 4.69) is 150 Å². The molecule has 6 aromatic rings. The van der Waals surface area contributed by atoms with Gasteiger partial charge in [0.15, 0.2) is 0 Å². The van der Waals surface area contributed by atoms with Crippen molar-refractivity contribution < 1.29 is 48.1 Å². The summed E-state index contributed by atoms with van der Waals surface area (Å²) >= 11 is 1.74. The van der Waals surface area contributed by atoms with Crippen molar-refractivity contribution in [1.29, 1.82) is 0 Å². The molecule has 0 spiro atoms. The molecule has 0 unspecified atom stereocenters. The van der Waals surface area contributed by atoms with Crippen LogP contribution >= 0.6 is 0 Å². The fraction of sp³-hybridized carbons (Fsp3) is 0.400. The first-order chi connectivity index (χ1) is 25.1. The first-order valence-electron chi connectivity index (χ1n) is 20.1. The fourth-order valence-corrected chi connectivity index (χ4v) is 9.08. The minimum absolute atomic E-state index is 0. The smallest absolute Gasteiger partial charge is 1.00 e. The summed E-state index contributed by atoms with van der Waals surface area (Å²) < 4.78 is 0. The molecular formula is C50H60Cl2SiZr-2. The molecule has 6 aromatic carbocycles. The van der Waals surface area contributed by atoms with Gasteiger partial charge in [0, 0.05) is 0 Å². The molecule has 0 N–H and O–H groups in total. The van der Waals surface area contributed by atoms with E-state index in [-0.39, 0.29) is 30.2 Å². The number of aryl methyl sites for hydroxylation is 2. The van der Waals surface area contributed by atoms with Gasteiger partial charge in [0.1, 0.15) is 0 Å². The van der Waals surface area contributed by atoms with Crippen molar-refractivity contribution in [3.63, 3.8) is 0 Å². The standard InChI is InChI=1S/2C24H27.C2H6Si.2ClH.Zr/c2*1-3-12-24(13-5-14-24)17-19-15-21-6-4-7-22(23(21)16-19)20-10-8-18(2)9-11-20;1-3-2;;;/h2*4,6-11,15-16H,3,5,12-14,17H2,1-2H3;1-2H3;2*1H;/q2*-1;;;;+2/p-2. The zero-order valence-electron chi connectivity index (χ0n) is 33.6. The van der Waals surface area contributed by atoms with Gasteiger partial charge in [0.25, 0.3) is 0 Å². The molecule has 2 aliphatic carbocycles. The van der Waals surface area contributed by atoms with Crippen LogP contribution in [-0.4, -0.2) is 5.43 Å². The maximum atomic E-state index is 2.46. The quantitative estimate of drug-likeness (QED) is 0.0956. The average Bonchev–Trinajstić information content (AvgIpc) is 3.70. The summed E-state index contributed by atoms with van der Waals surface area (Å²) in [5.41, 5.74) is 12.5. The first-order valence-corrected chi connectivity index (χ1v) is 26.3. The fourth-order valence-electron chi connectivity index (χ4n) is 9.08. The molecular weight excluding hydrogens is 791 g/mol. The van der Waals surface area contributed by atoms with Crippen LogP contribution in [0.3, 0.4) is 0 Å². The summed E-state index contributed by atoms with van der Waals surface area (Å²) in [7, 11) is 0. The van der Waals surface area contributed by atoms with Gasteiger partial charge in [-0.25, -0.2) is 0 Å². The Morgan fingerprint density at radius 2 is 0.926 bits per heavy atom. The molecule has 0 saturated heterocycles. The van der Waals surface area contributed by atoms with E-state index in [0.29, 0.717) is 10.8 Å². The molecule has 0 heterocycles. The minimum Gasteiger partial charge on any atom is -1.00 e. The molecule has 2 aliphatic rings. The van der Waals surface area contributed by atoms with Gasteiger partial charge in [-0.2, -0.15) is 12.1 Å². The van der Waals surface area contributed by atoms with Crippen LogP contribution in [-0.2, 0) is 36.2 Å². The molecule has 2 fully saturated rings. The van der Waals surface area contributed by atoms with Crippen LogP contribution in [0.4, 0.5) is 0 Å². The Labute approximate surface area is 354 Å². The first kappa shape index (κ1) is 44.5. The summed E-state index contributed by atoms with van der Waals surface area (Å²) in [6, 6.07) is 41.1. The summed E-state index contributed by atoms with van der Waals surface area (Å²) in [4.78, 5) is 0. The largest absolute Gasteiger partial charge is 1.00 e. The Hall–Kier alpha value is -2.22. The summed E-state index contributed by atoms with van der Waals surface area (Å²) in [6.07, 6.45) is 16.5.